The molecule has 0 radical (unpaired) electrons. The van der Waals surface area contributed by atoms with Gasteiger partial charge in [-0.25, -0.2) is 4.39 Å². The SMILES string of the molecule is Cc1ccc(C2C(C#N)=C(SCC(=O)c3ccc(F)cc3)NC3=C2CCCC3)o1. The average molecular weight is 408 g/mol. The van der Waals surface area contributed by atoms with E-state index in [1.54, 1.807) is 0 Å². The highest BCUT2D eigenvalue weighted by Crippen LogP contribution is 2.45. The molecule has 1 N–H and O–H groups in total. The summed E-state index contributed by atoms with van der Waals surface area (Å²) in [5.74, 6) is 1.09. The van der Waals surface area contributed by atoms with E-state index in [0.29, 0.717) is 16.2 Å². The van der Waals surface area contributed by atoms with E-state index in [2.05, 4.69) is 11.4 Å². The van der Waals surface area contributed by atoms with E-state index in [9.17, 15) is 14.4 Å². The van der Waals surface area contributed by atoms with Crippen LogP contribution in [0.15, 0.2) is 62.7 Å². The van der Waals surface area contributed by atoms with Crippen molar-refractivity contribution in [3.63, 3.8) is 0 Å². The predicted octanol–water partition coefficient (Wildman–Crippen LogP) is 5.59. The maximum atomic E-state index is 13.1. The largest absolute Gasteiger partial charge is 0.465 e. The number of carbonyl (C=O) groups excluding carboxylic acids is 1. The summed E-state index contributed by atoms with van der Waals surface area (Å²) in [7, 11) is 0. The van der Waals surface area contributed by atoms with Crippen LogP contribution in [0.2, 0.25) is 0 Å². The van der Waals surface area contributed by atoms with Gasteiger partial charge in [-0.2, -0.15) is 5.26 Å². The fourth-order valence-electron chi connectivity index (χ4n) is 3.91. The molecule has 0 saturated carbocycles. The minimum atomic E-state index is -0.369. The van der Waals surface area contributed by atoms with E-state index in [4.69, 9.17) is 4.42 Å². The molecular weight excluding hydrogens is 387 g/mol. The predicted molar refractivity (Wildman–Crippen MR) is 111 cm³/mol. The van der Waals surface area contributed by atoms with Gasteiger partial charge in [0.05, 0.1) is 28.3 Å². The van der Waals surface area contributed by atoms with Gasteiger partial charge in [0.1, 0.15) is 17.3 Å². The third-order valence-corrected chi connectivity index (χ3v) is 6.35. The third kappa shape index (κ3) is 4.01. The molecule has 1 unspecified atom stereocenters. The fourth-order valence-corrected chi connectivity index (χ4v) is 4.86. The molecule has 1 aromatic carbocycles. The molecule has 0 spiro atoms. The van der Waals surface area contributed by atoms with Crippen LogP contribution in [0.3, 0.4) is 0 Å². The van der Waals surface area contributed by atoms with Crippen LogP contribution in [0.1, 0.15) is 53.5 Å². The highest BCUT2D eigenvalue weighted by Gasteiger charge is 2.34. The number of benzene rings is 1. The summed E-state index contributed by atoms with van der Waals surface area (Å²) in [6.07, 6.45) is 4.07. The molecule has 2 heterocycles. The van der Waals surface area contributed by atoms with Crippen molar-refractivity contribution >= 4 is 17.5 Å². The van der Waals surface area contributed by atoms with Gasteiger partial charge in [-0.15, -0.1) is 0 Å². The number of aryl methyl sites for hydroxylation is 1. The lowest BCUT2D eigenvalue weighted by Crippen LogP contribution is -2.27. The van der Waals surface area contributed by atoms with Gasteiger partial charge < -0.3 is 9.73 Å². The van der Waals surface area contributed by atoms with Gasteiger partial charge >= 0.3 is 0 Å². The van der Waals surface area contributed by atoms with Crippen LogP contribution in [-0.4, -0.2) is 11.5 Å². The number of halogens is 1. The summed E-state index contributed by atoms with van der Waals surface area (Å²) >= 11 is 1.33. The average Bonchev–Trinajstić information content (AvgIpc) is 3.17. The second kappa shape index (κ2) is 8.30. The summed E-state index contributed by atoms with van der Waals surface area (Å²) in [6, 6.07) is 11.8. The summed E-state index contributed by atoms with van der Waals surface area (Å²) in [5, 5.41) is 14.1. The Balaban J connectivity index is 1.62. The molecule has 0 amide bonds. The van der Waals surface area contributed by atoms with Crippen molar-refractivity contribution in [3.8, 4) is 6.07 Å². The van der Waals surface area contributed by atoms with Gasteiger partial charge in [0, 0.05) is 11.3 Å². The molecule has 1 atom stereocenters. The third-order valence-electron chi connectivity index (χ3n) is 5.34. The van der Waals surface area contributed by atoms with Crippen LogP contribution < -0.4 is 5.32 Å². The van der Waals surface area contributed by atoms with Gasteiger partial charge in [0.25, 0.3) is 0 Å². The monoisotopic (exact) mass is 408 g/mol. The van der Waals surface area contributed by atoms with Crippen LogP contribution in [0, 0.1) is 24.1 Å². The van der Waals surface area contributed by atoms with Gasteiger partial charge in [0.2, 0.25) is 0 Å². The Kier molecular flexibility index (Phi) is 5.59. The Hall–Kier alpha value is -2.78. The minimum absolute atomic E-state index is 0.101. The molecule has 1 aliphatic carbocycles. The number of thioether (sulfide) groups is 1. The van der Waals surface area contributed by atoms with Crippen molar-refractivity contribution in [3.05, 3.63) is 81.2 Å². The van der Waals surface area contributed by atoms with E-state index in [1.807, 2.05) is 19.1 Å². The van der Waals surface area contributed by atoms with Crippen molar-refractivity contribution in [2.24, 2.45) is 0 Å². The Morgan fingerprint density at radius 2 is 2.00 bits per heavy atom. The molecule has 4 nitrogen and oxygen atoms in total. The van der Waals surface area contributed by atoms with Gasteiger partial charge in [0.15, 0.2) is 5.78 Å². The molecule has 0 bridgehead atoms. The highest BCUT2D eigenvalue weighted by molar-refractivity contribution is 8.03. The van der Waals surface area contributed by atoms with Crippen LogP contribution in [0.4, 0.5) is 4.39 Å². The highest BCUT2D eigenvalue weighted by atomic mass is 32.2. The zero-order valence-electron chi connectivity index (χ0n) is 16.1. The Bertz CT molecular complexity index is 1040. The molecule has 6 heteroatoms. The Labute approximate surface area is 173 Å². The topological polar surface area (TPSA) is 66.0 Å². The molecule has 148 valence electrons. The van der Waals surface area contributed by atoms with E-state index in [-0.39, 0.29) is 23.3 Å². The fraction of sp³-hybridized carbons (Fsp3) is 0.304. The van der Waals surface area contributed by atoms with E-state index in [1.165, 1.54) is 41.6 Å². The second-order valence-corrected chi connectivity index (χ2v) is 8.28. The van der Waals surface area contributed by atoms with Crippen molar-refractivity contribution in [2.45, 2.75) is 38.5 Å². The van der Waals surface area contributed by atoms with Crippen LogP contribution >= 0.6 is 11.8 Å². The van der Waals surface area contributed by atoms with E-state index in [0.717, 1.165) is 42.9 Å². The molecule has 2 aliphatic rings. The van der Waals surface area contributed by atoms with E-state index >= 15 is 0 Å². The van der Waals surface area contributed by atoms with Crippen LogP contribution in [0.25, 0.3) is 0 Å². The zero-order valence-corrected chi connectivity index (χ0v) is 16.9. The number of furan rings is 1. The number of allylic oxidation sites excluding steroid dienone is 3. The van der Waals surface area contributed by atoms with Crippen LogP contribution in [-0.2, 0) is 0 Å². The summed E-state index contributed by atoms with van der Waals surface area (Å²) in [5.41, 5.74) is 3.42. The Morgan fingerprint density at radius 3 is 2.69 bits per heavy atom. The Morgan fingerprint density at radius 1 is 1.24 bits per heavy atom. The van der Waals surface area contributed by atoms with Gasteiger partial charge in [-0.3, -0.25) is 4.79 Å². The van der Waals surface area contributed by atoms with Crippen molar-refractivity contribution in [1.82, 2.24) is 5.32 Å². The van der Waals surface area contributed by atoms with Crippen LogP contribution in [0.5, 0.6) is 0 Å². The molecule has 1 aliphatic heterocycles. The molecule has 0 saturated heterocycles. The van der Waals surface area contributed by atoms with Crippen molar-refractivity contribution in [2.75, 3.05) is 5.75 Å². The number of rotatable bonds is 5. The van der Waals surface area contributed by atoms with Crippen molar-refractivity contribution < 1.29 is 13.6 Å². The van der Waals surface area contributed by atoms with E-state index < -0.39 is 0 Å². The molecule has 0 fully saturated rings. The molecule has 2 aromatic rings. The van der Waals surface area contributed by atoms with Crippen molar-refractivity contribution in [1.29, 1.82) is 5.26 Å². The lowest BCUT2D eigenvalue weighted by atomic mass is 9.80. The number of nitrogens with zero attached hydrogens (tertiary/aromatic N) is 1. The number of nitrogens with one attached hydrogen (secondary N) is 1. The lowest BCUT2D eigenvalue weighted by Gasteiger charge is -2.33. The molecular formula is C23H21FN2O2S. The molecule has 4 rings (SSSR count). The zero-order chi connectivity index (χ0) is 20.4. The summed E-state index contributed by atoms with van der Waals surface area (Å²) < 4.78 is 19.0. The second-order valence-electron chi connectivity index (χ2n) is 7.29. The maximum absolute atomic E-state index is 13.1. The first kappa shape index (κ1) is 19.5. The van der Waals surface area contributed by atoms with Gasteiger partial charge in [-0.1, -0.05) is 11.8 Å². The number of hydrogen-bond acceptors (Lipinski definition) is 5. The summed E-state index contributed by atoms with van der Waals surface area (Å²) in [6.45, 7) is 1.90. The number of carbonyl (C=O) groups is 1. The number of Topliss-reactive ketones (excluding diaryl/α,β-unsaturated/α-hetero) is 1. The smallest absolute Gasteiger partial charge is 0.173 e. The van der Waals surface area contributed by atoms with Gasteiger partial charge in [-0.05, 0) is 74.6 Å². The molecule has 1 aromatic heterocycles. The lowest BCUT2D eigenvalue weighted by molar-refractivity contribution is 0.102. The first-order valence-corrected chi connectivity index (χ1v) is 10.7. The normalized spacial score (nSPS) is 18.9. The molecule has 29 heavy (non-hydrogen) atoms. The summed E-state index contributed by atoms with van der Waals surface area (Å²) in [4.78, 5) is 12.5. The number of hydrogen-bond donors (Lipinski definition) is 1. The first-order chi connectivity index (χ1) is 14.1. The standard InChI is InChI=1S/C23H21FN2O2S/c1-14-6-11-21(28-14)22-17-4-2-3-5-19(17)26-23(18(22)12-25)29-13-20(27)15-7-9-16(24)10-8-15/h6-11,22,26H,2-5,13H2,1H3. The number of ketones is 1. The number of nitriles is 1. The quantitative estimate of drug-likeness (QED) is 0.653. The maximum Gasteiger partial charge on any atom is 0.173 e. The number of dihydropyridines is 1. The minimum Gasteiger partial charge on any atom is -0.465 e. The first-order valence-electron chi connectivity index (χ1n) is 9.68.